The van der Waals surface area contributed by atoms with Crippen LogP contribution in [-0.4, -0.2) is 54.2 Å². The zero-order valence-corrected chi connectivity index (χ0v) is 17.1. The van der Waals surface area contributed by atoms with Crippen LogP contribution in [0.1, 0.15) is 34.5 Å². The highest BCUT2D eigenvalue weighted by molar-refractivity contribution is 5.95. The topological polar surface area (TPSA) is 82.9 Å². The molecule has 0 radical (unpaired) electrons. The Hall–Kier alpha value is -3.09. The third-order valence-electron chi connectivity index (χ3n) is 5.50. The SMILES string of the molecule is Cc1cccc(NC(=O)CN(C)C(=O)C2CCN(C(=O)c3ccco3)CC2)c1C. The Bertz CT molecular complexity index is 883. The lowest BCUT2D eigenvalue weighted by Gasteiger charge is -2.32. The molecule has 0 saturated carbocycles. The fourth-order valence-corrected chi connectivity index (χ4v) is 3.57. The van der Waals surface area contributed by atoms with Crippen LogP contribution in [0.2, 0.25) is 0 Å². The zero-order valence-electron chi connectivity index (χ0n) is 17.1. The minimum atomic E-state index is -0.222. The standard InChI is InChI=1S/C22H27N3O4/c1-15-6-4-7-18(16(15)2)23-20(26)14-24(3)21(27)17-9-11-25(12-10-17)22(28)19-8-5-13-29-19/h4-8,13,17H,9-12,14H2,1-3H3,(H,23,26). The van der Waals surface area contributed by atoms with E-state index in [1.165, 1.54) is 11.2 Å². The second-order valence-corrected chi connectivity index (χ2v) is 7.53. The largest absolute Gasteiger partial charge is 0.459 e. The van der Waals surface area contributed by atoms with Gasteiger partial charge >= 0.3 is 0 Å². The monoisotopic (exact) mass is 397 g/mol. The molecule has 0 bridgehead atoms. The van der Waals surface area contributed by atoms with Crippen LogP contribution in [0.15, 0.2) is 41.0 Å². The van der Waals surface area contributed by atoms with Gasteiger partial charge in [0.25, 0.3) is 5.91 Å². The second-order valence-electron chi connectivity index (χ2n) is 7.53. The highest BCUT2D eigenvalue weighted by atomic mass is 16.3. The van der Waals surface area contributed by atoms with Gasteiger partial charge in [-0.1, -0.05) is 12.1 Å². The summed E-state index contributed by atoms with van der Waals surface area (Å²) < 4.78 is 5.16. The average molecular weight is 397 g/mol. The van der Waals surface area contributed by atoms with Crippen molar-refractivity contribution in [3.63, 3.8) is 0 Å². The highest BCUT2D eigenvalue weighted by Crippen LogP contribution is 2.22. The van der Waals surface area contributed by atoms with Gasteiger partial charge in [0.1, 0.15) is 0 Å². The molecule has 3 amide bonds. The van der Waals surface area contributed by atoms with Gasteiger partial charge in [-0.25, -0.2) is 0 Å². The summed E-state index contributed by atoms with van der Waals surface area (Å²) >= 11 is 0. The number of carbonyl (C=O) groups excluding carboxylic acids is 3. The molecular formula is C22H27N3O4. The van der Waals surface area contributed by atoms with E-state index in [-0.39, 0.29) is 30.2 Å². The molecule has 29 heavy (non-hydrogen) atoms. The Labute approximate surface area is 170 Å². The number of carbonyl (C=O) groups is 3. The first-order chi connectivity index (χ1) is 13.9. The number of rotatable bonds is 5. The number of furan rings is 1. The van der Waals surface area contributed by atoms with Gasteiger partial charge in [0.15, 0.2) is 5.76 Å². The van der Waals surface area contributed by atoms with Crippen molar-refractivity contribution in [1.29, 1.82) is 0 Å². The predicted octanol–water partition coefficient (Wildman–Crippen LogP) is 2.85. The Morgan fingerprint density at radius 1 is 1.14 bits per heavy atom. The molecule has 7 heteroatoms. The van der Waals surface area contributed by atoms with Crippen molar-refractivity contribution < 1.29 is 18.8 Å². The van der Waals surface area contributed by atoms with Crippen molar-refractivity contribution in [1.82, 2.24) is 9.80 Å². The fraction of sp³-hybridized carbons (Fsp3) is 0.409. The number of benzene rings is 1. The van der Waals surface area contributed by atoms with E-state index in [0.29, 0.717) is 31.7 Å². The third kappa shape index (κ3) is 4.85. The van der Waals surface area contributed by atoms with E-state index in [1.807, 2.05) is 32.0 Å². The van der Waals surface area contributed by atoms with E-state index in [2.05, 4.69) is 5.32 Å². The van der Waals surface area contributed by atoms with Crippen LogP contribution in [0.4, 0.5) is 5.69 Å². The summed E-state index contributed by atoms with van der Waals surface area (Å²) in [6, 6.07) is 9.06. The number of likely N-dealkylation sites (tertiary alicyclic amines) is 1. The maximum atomic E-state index is 12.7. The quantitative estimate of drug-likeness (QED) is 0.841. The van der Waals surface area contributed by atoms with Crippen LogP contribution in [0.5, 0.6) is 0 Å². The minimum absolute atomic E-state index is 0.00223. The molecule has 1 aromatic carbocycles. The summed E-state index contributed by atoms with van der Waals surface area (Å²) in [5, 5.41) is 2.88. The number of anilines is 1. The Balaban J connectivity index is 1.49. The van der Waals surface area contributed by atoms with Crippen molar-refractivity contribution >= 4 is 23.4 Å². The maximum absolute atomic E-state index is 12.7. The van der Waals surface area contributed by atoms with E-state index in [0.717, 1.165) is 16.8 Å². The molecule has 0 atom stereocenters. The number of likely N-dealkylation sites (N-methyl/N-ethyl adjacent to an activating group) is 1. The molecule has 3 rings (SSSR count). The lowest BCUT2D eigenvalue weighted by molar-refractivity contribution is -0.138. The Kier molecular flexibility index (Phi) is 6.36. The number of nitrogens with one attached hydrogen (secondary N) is 1. The van der Waals surface area contributed by atoms with Crippen molar-refractivity contribution in [2.75, 3.05) is 32.0 Å². The molecule has 1 aromatic heterocycles. The van der Waals surface area contributed by atoms with Crippen LogP contribution in [0.25, 0.3) is 0 Å². The number of amides is 3. The first-order valence-electron chi connectivity index (χ1n) is 9.80. The van der Waals surface area contributed by atoms with Crippen molar-refractivity contribution in [2.45, 2.75) is 26.7 Å². The van der Waals surface area contributed by atoms with Crippen LogP contribution >= 0.6 is 0 Å². The number of hydrogen-bond donors (Lipinski definition) is 1. The summed E-state index contributed by atoms with van der Waals surface area (Å²) in [6.07, 6.45) is 2.63. The highest BCUT2D eigenvalue weighted by Gasteiger charge is 2.30. The van der Waals surface area contributed by atoms with Gasteiger partial charge < -0.3 is 19.5 Å². The first-order valence-corrected chi connectivity index (χ1v) is 9.80. The first kappa shape index (κ1) is 20.6. The lowest BCUT2D eigenvalue weighted by Crippen LogP contribution is -2.45. The van der Waals surface area contributed by atoms with Gasteiger partial charge in [0.05, 0.1) is 12.8 Å². The molecule has 1 fully saturated rings. The van der Waals surface area contributed by atoms with Gasteiger partial charge in [-0.05, 0) is 56.0 Å². The number of aryl methyl sites for hydroxylation is 1. The molecule has 0 unspecified atom stereocenters. The molecule has 1 N–H and O–H groups in total. The number of piperidine rings is 1. The molecule has 1 aliphatic rings. The molecule has 0 spiro atoms. The molecule has 0 aliphatic carbocycles. The Morgan fingerprint density at radius 2 is 1.86 bits per heavy atom. The van der Waals surface area contributed by atoms with E-state index in [4.69, 9.17) is 4.42 Å². The van der Waals surface area contributed by atoms with Gasteiger partial charge in [-0.3, -0.25) is 14.4 Å². The molecular weight excluding hydrogens is 370 g/mol. The summed E-state index contributed by atoms with van der Waals surface area (Å²) in [4.78, 5) is 40.6. The Morgan fingerprint density at radius 3 is 2.52 bits per heavy atom. The average Bonchev–Trinajstić information content (AvgIpc) is 3.25. The van der Waals surface area contributed by atoms with Gasteiger partial charge in [0.2, 0.25) is 11.8 Å². The third-order valence-corrected chi connectivity index (χ3v) is 5.50. The predicted molar refractivity (Wildman–Crippen MR) is 110 cm³/mol. The second kappa shape index (κ2) is 8.94. The zero-order chi connectivity index (χ0) is 21.0. The van der Waals surface area contributed by atoms with E-state index in [1.54, 1.807) is 24.1 Å². The normalized spacial score (nSPS) is 14.5. The van der Waals surface area contributed by atoms with Crippen molar-refractivity contribution in [3.8, 4) is 0 Å². The number of hydrogen-bond acceptors (Lipinski definition) is 4. The van der Waals surface area contributed by atoms with Gasteiger partial charge in [0, 0.05) is 31.7 Å². The maximum Gasteiger partial charge on any atom is 0.289 e. The fourth-order valence-electron chi connectivity index (χ4n) is 3.57. The molecule has 1 saturated heterocycles. The summed E-state index contributed by atoms with van der Waals surface area (Å²) in [5.41, 5.74) is 2.88. The summed E-state index contributed by atoms with van der Waals surface area (Å²) in [6.45, 7) is 4.94. The molecule has 1 aliphatic heterocycles. The van der Waals surface area contributed by atoms with Crippen molar-refractivity contribution in [3.05, 3.63) is 53.5 Å². The molecule has 7 nitrogen and oxygen atoms in total. The van der Waals surface area contributed by atoms with E-state index < -0.39 is 0 Å². The molecule has 2 aromatic rings. The van der Waals surface area contributed by atoms with E-state index in [9.17, 15) is 14.4 Å². The number of nitrogens with zero attached hydrogens (tertiary/aromatic N) is 2. The van der Waals surface area contributed by atoms with Crippen LogP contribution in [0, 0.1) is 19.8 Å². The van der Waals surface area contributed by atoms with Gasteiger partial charge in [-0.2, -0.15) is 0 Å². The van der Waals surface area contributed by atoms with E-state index >= 15 is 0 Å². The molecule has 154 valence electrons. The van der Waals surface area contributed by atoms with Gasteiger partial charge in [-0.15, -0.1) is 0 Å². The summed E-state index contributed by atoms with van der Waals surface area (Å²) in [5.74, 6) is -0.308. The lowest BCUT2D eigenvalue weighted by atomic mass is 9.95. The van der Waals surface area contributed by atoms with Crippen LogP contribution in [-0.2, 0) is 9.59 Å². The molecule has 2 heterocycles. The van der Waals surface area contributed by atoms with Crippen LogP contribution < -0.4 is 5.32 Å². The van der Waals surface area contributed by atoms with Crippen LogP contribution in [0.3, 0.4) is 0 Å². The summed E-state index contributed by atoms with van der Waals surface area (Å²) in [7, 11) is 1.64. The smallest absolute Gasteiger partial charge is 0.289 e. The van der Waals surface area contributed by atoms with Crippen molar-refractivity contribution in [2.24, 2.45) is 5.92 Å². The minimum Gasteiger partial charge on any atom is -0.459 e.